The van der Waals surface area contributed by atoms with E-state index in [0.717, 1.165) is 19.4 Å². The molecule has 0 saturated carbocycles. The molecule has 0 bridgehead atoms. The Hall–Kier alpha value is -0.350. The zero-order valence-electron chi connectivity index (χ0n) is 9.51. The number of rotatable bonds is 8. The predicted octanol–water partition coefficient (Wildman–Crippen LogP) is 1.36. The maximum Gasteiger partial charge on any atom is 0.319 e. The van der Waals surface area contributed by atoms with E-state index in [1.54, 1.807) is 13.0 Å². The van der Waals surface area contributed by atoms with Gasteiger partial charge in [-0.3, -0.25) is 4.57 Å². The Morgan fingerprint density at radius 3 is 2.40 bits per heavy atom. The van der Waals surface area contributed by atoms with Crippen molar-refractivity contribution in [3.05, 3.63) is 12.3 Å². The molecule has 0 aromatic rings. The van der Waals surface area contributed by atoms with Crippen molar-refractivity contribution in [1.29, 1.82) is 0 Å². The van der Waals surface area contributed by atoms with E-state index in [1.165, 1.54) is 0 Å². The quantitative estimate of drug-likeness (QED) is 0.470. The molecule has 15 heavy (non-hydrogen) atoms. The first kappa shape index (κ1) is 14.6. The molecule has 0 aliphatic heterocycles. The van der Waals surface area contributed by atoms with Gasteiger partial charge in [-0.05, 0) is 26.1 Å². The molecule has 5 nitrogen and oxygen atoms in total. The van der Waals surface area contributed by atoms with Crippen LogP contribution in [0.4, 0.5) is 0 Å². The van der Waals surface area contributed by atoms with E-state index in [1.807, 2.05) is 13.8 Å². The summed E-state index contributed by atoms with van der Waals surface area (Å²) in [7, 11) is -4.12. The van der Waals surface area contributed by atoms with Gasteiger partial charge in [0.1, 0.15) is 0 Å². The Labute approximate surface area is 91.3 Å². The van der Waals surface area contributed by atoms with Gasteiger partial charge in [-0.15, -0.1) is 0 Å². The van der Waals surface area contributed by atoms with Gasteiger partial charge in [-0.1, -0.05) is 13.8 Å². The minimum Gasteiger partial charge on any atom is -0.746 e. The Bertz CT molecular complexity index is 228. The SMILES string of the molecule is CCOP(=O)([O-])O/C=C/CN(CC)CC. The Morgan fingerprint density at radius 1 is 1.33 bits per heavy atom. The highest BCUT2D eigenvalue weighted by Gasteiger charge is 2.05. The summed E-state index contributed by atoms with van der Waals surface area (Å²) in [6.07, 6.45) is 2.80. The molecular weight excluding hydrogens is 217 g/mol. The first-order valence-corrected chi connectivity index (χ1v) is 6.53. The molecule has 6 heteroatoms. The van der Waals surface area contributed by atoms with Gasteiger partial charge in [-0.2, -0.15) is 0 Å². The number of nitrogens with zero attached hydrogens (tertiary/aromatic N) is 1. The molecule has 0 aliphatic carbocycles. The van der Waals surface area contributed by atoms with E-state index >= 15 is 0 Å². The molecule has 0 amide bonds. The number of phosphoric ester groups is 1. The fraction of sp³-hybridized carbons (Fsp3) is 0.778. The van der Waals surface area contributed by atoms with Gasteiger partial charge < -0.3 is 18.8 Å². The summed E-state index contributed by atoms with van der Waals surface area (Å²) in [6, 6.07) is 0. The molecule has 0 saturated heterocycles. The van der Waals surface area contributed by atoms with E-state index in [0.29, 0.717) is 6.54 Å². The largest absolute Gasteiger partial charge is 0.746 e. The van der Waals surface area contributed by atoms with Crippen molar-refractivity contribution in [3.63, 3.8) is 0 Å². The third-order valence-electron chi connectivity index (χ3n) is 1.83. The van der Waals surface area contributed by atoms with E-state index in [2.05, 4.69) is 13.9 Å². The summed E-state index contributed by atoms with van der Waals surface area (Å²) < 4.78 is 19.8. The molecule has 1 unspecified atom stereocenters. The second kappa shape index (κ2) is 7.88. The van der Waals surface area contributed by atoms with Crippen LogP contribution in [0.2, 0.25) is 0 Å². The number of phosphoric acid groups is 1. The molecule has 0 aromatic heterocycles. The highest BCUT2D eigenvalue weighted by Crippen LogP contribution is 2.37. The summed E-state index contributed by atoms with van der Waals surface area (Å²) in [5.74, 6) is 0. The lowest BCUT2D eigenvalue weighted by atomic mass is 10.5. The highest BCUT2D eigenvalue weighted by molar-refractivity contribution is 7.45. The molecule has 1 atom stereocenters. The van der Waals surface area contributed by atoms with Crippen molar-refractivity contribution in [2.75, 3.05) is 26.2 Å². The fourth-order valence-electron chi connectivity index (χ4n) is 0.980. The van der Waals surface area contributed by atoms with E-state index in [-0.39, 0.29) is 6.61 Å². The third kappa shape index (κ3) is 7.56. The molecule has 0 rings (SSSR count). The number of likely N-dealkylation sites (N-methyl/N-ethyl adjacent to an activating group) is 1. The van der Waals surface area contributed by atoms with Gasteiger partial charge in [0, 0.05) is 6.54 Å². The van der Waals surface area contributed by atoms with Gasteiger partial charge in [0.05, 0.1) is 12.9 Å². The van der Waals surface area contributed by atoms with Gasteiger partial charge in [-0.25, -0.2) is 0 Å². The molecule has 0 spiro atoms. The van der Waals surface area contributed by atoms with Crippen LogP contribution < -0.4 is 4.89 Å². The lowest BCUT2D eigenvalue weighted by Crippen LogP contribution is -2.22. The van der Waals surface area contributed by atoms with Crippen LogP contribution in [0.1, 0.15) is 20.8 Å². The Morgan fingerprint density at radius 2 is 1.93 bits per heavy atom. The molecule has 0 aromatic carbocycles. The van der Waals surface area contributed by atoms with E-state index in [4.69, 9.17) is 0 Å². The van der Waals surface area contributed by atoms with Crippen molar-refractivity contribution >= 4 is 7.82 Å². The van der Waals surface area contributed by atoms with E-state index in [9.17, 15) is 9.46 Å². The first-order chi connectivity index (χ1) is 7.05. The van der Waals surface area contributed by atoms with Crippen LogP contribution in [0, 0.1) is 0 Å². The smallest absolute Gasteiger partial charge is 0.319 e. The van der Waals surface area contributed by atoms with Gasteiger partial charge in [0.2, 0.25) is 0 Å². The van der Waals surface area contributed by atoms with Crippen molar-refractivity contribution in [2.45, 2.75) is 20.8 Å². The average Bonchev–Trinajstić information content (AvgIpc) is 2.18. The first-order valence-electron chi connectivity index (χ1n) is 5.07. The Balaban J connectivity index is 3.84. The zero-order chi connectivity index (χ0) is 11.7. The zero-order valence-corrected chi connectivity index (χ0v) is 10.4. The lowest BCUT2D eigenvalue weighted by Gasteiger charge is -2.20. The van der Waals surface area contributed by atoms with Crippen LogP contribution in [0.5, 0.6) is 0 Å². The van der Waals surface area contributed by atoms with Crippen LogP contribution in [-0.4, -0.2) is 31.1 Å². The van der Waals surface area contributed by atoms with Gasteiger partial charge >= 0.3 is 7.82 Å². The second-order valence-corrected chi connectivity index (χ2v) is 4.19. The summed E-state index contributed by atoms with van der Waals surface area (Å²) >= 11 is 0. The fourth-order valence-corrected chi connectivity index (χ4v) is 1.59. The lowest BCUT2D eigenvalue weighted by molar-refractivity contribution is -0.220. The van der Waals surface area contributed by atoms with Gasteiger partial charge in [0.15, 0.2) is 0 Å². The maximum absolute atomic E-state index is 10.9. The molecule has 0 aliphatic rings. The number of hydrogen-bond acceptors (Lipinski definition) is 5. The predicted molar refractivity (Wildman–Crippen MR) is 57.2 cm³/mol. The maximum atomic E-state index is 10.9. The van der Waals surface area contributed by atoms with Crippen LogP contribution >= 0.6 is 7.82 Å². The summed E-state index contributed by atoms with van der Waals surface area (Å²) in [5.41, 5.74) is 0. The van der Waals surface area contributed by atoms with Crippen molar-refractivity contribution in [2.24, 2.45) is 0 Å². The third-order valence-corrected chi connectivity index (χ3v) is 2.79. The van der Waals surface area contributed by atoms with Crippen LogP contribution in [0.3, 0.4) is 0 Å². The van der Waals surface area contributed by atoms with Crippen molar-refractivity contribution in [1.82, 2.24) is 4.90 Å². The van der Waals surface area contributed by atoms with Crippen molar-refractivity contribution in [3.8, 4) is 0 Å². The standard InChI is InChI=1S/C9H20NO4P/c1-4-10(5-2)8-7-9-14-15(11,12)13-6-3/h7,9H,4-6,8H2,1-3H3,(H,11,12)/p-1/b9-7+. The summed E-state index contributed by atoms with van der Waals surface area (Å²) in [4.78, 5) is 13.1. The highest BCUT2D eigenvalue weighted by atomic mass is 31.2. The van der Waals surface area contributed by atoms with Crippen LogP contribution in [0.15, 0.2) is 12.3 Å². The normalized spacial score (nSPS) is 15.8. The molecule has 90 valence electrons. The molecule has 0 heterocycles. The minimum absolute atomic E-state index is 0.0880. The molecule has 0 N–H and O–H groups in total. The van der Waals surface area contributed by atoms with Gasteiger partial charge in [0.25, 0.3) is 0 Å². The van der Waals surface area contributed by atoms with Crippen LogP contribution in [0.25, 0.3) is 0 Å². The molecule has 0 fully saturated rings. The average molecular weight is 236 g/mol. The molecule has 0 radical (unpaired) electrons. The second-order valence-electron chi connectivity index (χ2n) is 2.83. The van der Waals surface area contributed by atoms with E-state index < -0.39 is 7.82 Å². The topological polar surface area (TPSA) is 61.8 Å². The monoisotopic (exact) mass is 236 g/mol. The van der Waals surface area contributed by atoms with Crippen molar-refractivity contribution < 1.29 is 18.5 Å². The Kier molecular flexibility index (Phi) is 7.70. The van der Waals surface area contributed by atoms with Crippen LogP contribution in [-0.2, 0) is 13.6 Å². The summed E-state index contributed by atoms with van der Waals surface area (Å²) in [6.45, 7) is 8.26. The minimum atomic E-state index is -4.12. The molecular formula is C9H19NO4P-. The number of hydrogen-bond donors (Lipinski definition) is 0. The summed E-state index contributed by atoms with van der Waals surface area (Å²) in [5, 5.41) is 0.